The van der Waals surface area contributed by atoms with Crippen molar-refractivity contribution in [1.82, 2.24) is 24.9 Å². The van der Waals surface area contributed by atoms with E-state index in [9.17, 15) is 9.18 Å². The number of carbonyl (C=O) groups excluding carboxylic acids is 1. The SMILES string of the molecule is O=C(c1ccc(-n2nnc3cccnc32)cc1)N1CCN(c2ccccc2F)CC1. The first-order valence-corrected chi connectivity index (χ1v) is 9.76. The van der Waals surface area contributed by atoms with Crippen molar-refractivity contribution < 1.29 is 9.18 Å². The van der Waals surface area contributed by atoms with Gasteiger partial charge in [-0.05, 0) is 48.5 Å². The smallest absolute Gasteiger partial charge is 0.253 e. The first-order chi connectivity index (χ1) is 14.7. The third-order valence-electron chi connectivity index (χ3n) is 5.33. The Labute approximate surface area is 172 Å². The second-order valence-corrected chi connectivity index (χ2v) is 7.12. The van der Waals surface area contributed by atoms with Crippen molar-refractivity contribution in [3.63, 3.8) is 0 Å². The molecule has 0 unspecified atom stereocenters. The number of benzene rings is 2. The number of aromatic nitrogens is 4. The fourth-order valence-electron chi connectivity index (χ4n) is 3.73. The standard InChI is InChI=1S/C22H19FN6O/c23-18-4-1-2-6-20(18)27-12-14-28(15-13-27)22(30)16-7-9-17(10-8-16)29-21-19(25-26-29)5-3-11-24-21/h1-11H,12-15H2. The fraction of sp³-hybridized carbons (Fsp3) is 0.182. The number of amides is 1. The van der Waals surface area contributed by atoms with E-state index < -0.39 is 0 Å². The van der Waals surface area contributed by atoms with Gasteiger partial charge in [-0.15, -0.1) is 5.10 Å². The number of fused-ring (bicyclic) bond motifs is 1. The van der Waals surface area contributed by atoms with E-state index >= 15 is 0 Å². The molecule has 5 rings (SSSR count). The van der Waals surface area contributed by atoms with E-state index in [2.05, 4.69) is 15.3 Å². The maximum Gasteiger partial charge on any atom is 0.253 e. The summed E-state index contributed by atoms with van der Waals surface area (Å²) in [6.45, 7) is 2.29. The van der Waals surface area contributed by atoms with Crippen LogP contribution < -0.4 is 4.90 Å². The summed E-state index contributed by atoms with van der Waals surface area (Å²) in [5, 5.41) is 8.26. The van der Waals surface area contributed by atoms with Crippen molar-refractivity contribution in [1.29, 1.82) is 0 Å². The first kappa shape index (κ1) is 18.2. The van der Waals surface area contributed by atoms with E-state index in [0.717, 1.165) is 5.69 Å². The number of para-hydroxylation sites is 1. The summed E-state index contributed by atoms with van der Waals surface area (Å²) in [7, 11) is 0. The molecule has 7 nitrogen and oxygen atoms in total. The highest BCUT2D eigenvalue weighted by Crippen LogP contribution is 2.21. The molecular formula is C22H19FN6O. The average molecular weight is 402 g/mol. The lowest BCUT2D eigenvalue weighted by Crippen LogP contribution is -2.49. The minimum Gasteiger partial charge on any atom is -0.366 e. The minimum atomic E-state index is -0.233. The van der Waals surface area contributed by atoms with Crippen LogP contribution in [0.3, 0.4) is 0 Å². The van der Waals surface area contributed by atoms with Gasteiger partial charge in [0.15, 0.2) is 5.65 Å². The highest BCUT2D eigenvalue weighted by molar-refractivity contribution is 5.94. The van der Waals surface area contributed by atoms with Gasteiger partial charge >= 0.3 is 0 Å². The zero-order chi connectivity index (χ0) is 20.5. The summed E-state index contributed by atoms with van der Waals surface area (Å²) < 4.78 is 15.7. The Morgan fingerprint density at radius 2 is 1.67 bits per heavy atom. The number of pyridine rings is 1. The van der Waals surface area contributed by atoms with Crippen LogP contribution in [-0.2, 0) is 0 Å². The molecule has 2 aromatic carbocycles. The highest BCUT2D eigenvalue weighted by atomic mass is 19.1. The lowest BCUT2D eigenvalue weighted by Gasteiger charge is -2.36. The van der Waals surface area contributed by atoms with Gasteiger partial charge in [-0.25, -0.2) is 9.37 Å². The third kappa shape index (κ3) is 3.26. The van der Waals surface area contributed by atoms with Crippen molar-refractivity contribution in [2.75, 3.05) is 31.1 Å². The van der Waals surface area contributed by atoms with Crippen LogP contribution in [0.2, 0.25) is 0 Å². The van der Waals surface area contributed by atoms with Gasteiger partial charge in [0.2, 0.25) is 0 Å². The molecule has 0 atom stereocenters. The van der Waals surface area contributed by atoms with E-state index in [1.165, 1.54) is 6.07 Å². The summed E-state index contributed by atoms with van der Waals surface area (Å²) in [5.41, 5.74) is 3.36. The largest absolute Gasteiger partial charge is 0.366 e. The predicted molar refractivity (Wildman–Crippen MR) is 111 cm³/mol. The number of nitrogens with zero attached hydrogens (tertiary/aromatic N) is 6. The zero-order valence-electron chi connectivity index (χ0n) is 16.1. The van der Waals surface area contributed by atoms with E-state index in [-0.39, 0.29) is 11.7 Å². The maximum atomic E-state index is 14.0. The van der Waals surface area contributed by atoms with Crippen LogP contribution in [0, 0.1) is 5.82 Å². The molecule has 1 saturated heterocycles. The topological polar surface area (TPSA) is 67.2 Å². The molecule has 8 heteroatoms. The van der Waals surface area contributed by atoms with Crippen molar-refractivity contribution in [3.05, 3.63) is 78.2 Å². The Hall–Kier alpha value is -3.81. The van der Waals surface area contributed by atoms with Crippen molar-refractivity contribution in [2.45, 2.75) is 0 Å². The van der Waals surface area contributed by atoms with Crippen LogP contribution >= 0.6 is 0 Å². The van der Waals surface area contributed by atoms with E-state index in [1.807, 2.05) is 35.2 Å². The van der Waals surface area contributed by atoms with E-state index in [0.29, 0.717) is 48.6 Å². The number of piperazine rings is 1. The number of rotatable bonds is 3. The molecule has 150 valence electrons. The van der Waals surface area contributed by atoms with Gasteiger partial charge in [0.25, 0.3) is 5.91 Å². The second-order valence-electron chi connectivity index (χ2n) is 7.12. The molecule has 3 heterocycles. The molecule has 2 aromatic heterocycles. The van der Waals surface area contributed by atoms with Gasteiger partial charge in [0, 0.05) is 37.9 Å². The van der Waals surface area contributed by atoms with Gasteiger partial charge in [-0.1, -0.05) is 17.3 Å². The van der Waals surface area contributed by atoms with E-state index in [1.54, 1.807) is 40.0 Å². The lowest BCUT2D eigenvalue weighted by molar-refractivity contribution is 0.0746. The number of anilines is 1. The van der Waals surface area contributed by atoms with Gasteiger partial charge in [0.1, 0.15) is 11.3 Å². The number of carbonyl (C=O) groups is 1. The summed E-state index contributed by atoms with van der Waals surface area (Å²) >= 11 is 0. The molecule has 1 aliphatic heterocycles. The van der Waals surface area contributed by atoms with Crippen molar-refractivity contribution in [3.8, 4) is 5.69 Å². The lowest BCUT2D eigenvalue weighted by atomic mass is 10.1. The minimum absolute atomic E-state index is 0.0312. The quantitative estimate of drug-likeness (QED) is 0.527. The van der Waals surface area contributed by atoms with Crippen LogP contribution in [0.15, 0.2) is 66.9 Å². The molecule has 1 amide bonds. The Bertz CT molecular complexity index is 1200. The van der Waals surface area contributed by atoms with Crippen molar-refractivity contribution >= 4 is 22.8 Å². The molecule has 0 radical (unpaired) electrons. The second kappa shape index (κ2) is 7.55. The normalized spacial score (nSPS) is 14.3. The first-order valence-electron chi connectivity index (χ1n) is 9.76. The van der Waals surface area contributed by atoms with Crippen LogP contribution in [-0.4, -0.2) is 57.0 Å². The molecule has 0 aliphatic carbocycles. The summed E-state index contributed by atoms with van der Waals surface area (Å²) in [6.07, 6.45) is 1.70. The molecule has 30 heavy (non-hydrogen) atoms. The number of halogens is 1. The zero-order valence-corrected chi connectivity index (χ0v) is 16.1. The molecule has 4 aromatic rings. The van der Waals surface area contributed by atoms with Crippen LogP contribution in [0.4, 0.5) is 10.1 Å². The van der Waals surface area contributed by atoms with Gasteiger partial charge < -0.3 is 9.80 Å². The van der Waals surface area contributed by atoms with Crippen LogP contribution in [0.5, 0.6) is 0 Å². The van der Waals surface area contributed by atoms with Crippen LogP contribution in [0.1, 0.15) is 10.4 Å². The monoisotopic (exact) mass is 402 g/mol. The molecule has 1 aliphatic rings. The van der Waals surface area contributed by atoms with Gasteiger partial charge in [-0.2, -0.15) is 4.68 Å². The maximum absolute atomic E-state index is 14.0. The molecule has 0 N–H and O–H groups in total. The van der Waals surface area contributed by atoms with Crippen LogP contribution in [0.25, 0.3) is 16.9 Å². The fourth-order valence-corrected chi connectivity index (χ4v) is 3.73. The van der Waals surface area contributed by atoms with E-state index in [4.69, 9.17) is 0 Å². The third-order valence-corrected chi connectivity index (χ3v) is 5.33. The Morgan fingerprint density at radius 1 is 0.900 bits per heavy atom. The molecule has 0 saturated carbocycles. The Balaban J connectivity index is 1.29. The highest BCUT2D eigenvalue weighted by Gasteiger charge is 2.23. The predicted octanol–water partition coefficient (Wildman–Crippen LogP) is 2.92. The summed E-state index contributed by atoms with van der Waals surface area (Å²) in [6, 6.07) is 17.7. The van der Waals surface area contributed by atoms with Crippen molar-refractivity contribution in [2.24, 2.45) is 0 Å². The molecular weight excluding hydrogens is 383 g/mol. The Kier molecular flexibility index (Phi) is 4.59. The number of hydrogen-bond acceptors (Lipinski definition) is 5. The van der Waals surface area contributed by atoms with Gasteiger partial charge in [-0.3, -0.25) is 4.79 Å². The molecule has 1 fully saturated rings. The number of hydrogen-bond donors (Lipinski definition) is 0. The summed E-state index contributed by atoms with van der Waals surface area (Å²) in [4.78, 5) is 21.0. The van der Waals surface area contributed by atoms with Gasteiger partial charge in [0.05, 0.1) is 11.4 Å². The molecule has 0 bridgehead atoms. The molecule has 0 spiro atoms. The average Bonchev–Trinajstić information content (AvgIpc) is 3.23. The Morgan fingerprint density at radius 3 is 2.43 bits per heavy atom. The summed E-state index contributed by atoms with van der Waals surface area (Å²) in [5.74, 6) is -0.265.